The molecule has 1 aromatic carbocycles. The third-order valence-electron chi connectivity index (χ3n) is 6.79. The van der Waals surface area contributed by atoms with Crippen LogP contribution in [0.15, 0.2) is 53.5 Å². The highest BCUT2D eigenvalue weighted by Gasteiger charge is 2.26. The molecule has 0 atom stereocenters. The van der Waals surface area contributed by atoms with Crippen molar-refractivity contribution < 1.29 is 14.6 Å². The van der Waals surface area contributed by atoms with Gasteiger partial charge in [-0.15, -0.1) is 0 Å². The summed E-state index contributed by atoms with van der Waals surface area (Å²) in [4.78, 5) is 42.8. The summed E-state index contributed by atoms with van der Waals surface area (Å²) in [7, 11) is 1.64. The minimum atomic E-state index is -1.14. The van der Waals surface area contributed by atoms with Gasteiger partial charge in [0.15, 0.2) is 11.5 Å². The van der Waals surface area contributed by atoms with Crippen molar-refractivity contribution in [2.24, 2.45) is 7.05 Å². The van der Waals surface area contributed by atoms with Gasteiger partial charge in [-0.3, -0.25) is 4.79 Å². The molecule has 1 aliphatic heterocycles. The second-order valence-electron chi connectivity index (χ2n) is 11.6. The van der Waals surface area contributed by atoms with Crippen LogP contribution in [-0.4, -0.2) is 72.2 Å². The number of aromatic nitrogens is 5. The molecule has 2 N–H and O–H groups in total. The van der Waals surface area contributed by atoms with Crippen LogP contribution in [0.1, 0.15) is 40.3 Å². The van der Waals surface area contributed by atoms with Crippen molar-refractivity contribution in [2.45, 2.75) is 45.8 Å². The summed E-state index contributed by atoms with van der Waals surface area (Å²) in [6.45, 7) is 11.5. The first kappa shape index (κ1) is 28.1. The highest BCUT2D eigenvalue weighted by molar-refractivity contribution is 5.77. The standard InChI is InChI=1S/C29H36N8O4/c1-28(2,3)41-27(39)36-16-14-35(15-17-36)20-12-10-19(11-13-20)31-26-30-18-21-24(33-26)37(34(6)25(21)38)23-9-7-8-22(32-23)29(4,5)40/h7-13,18,40H,14-17H2,1-6H3,(H,30,31,33). The van der Waals surface area contributed by atoms with Crippen LogP contribution in [0.2, 0.25) is 0 Å². The molecule has 1 saturated heterocycles. The lowest BCUT2D eigenvalue weighted by Gasteiger charge is -2.36. The molecule has 41 heavy (non-hydrogen) atoms. The Labute approximate surface area is 238 Å². The molecule has 0 aliphatic carbocycles. The number of hydrogen-bond donors (Lipinski definition) is 2. The maximum atomic E-state index is 12.9. The number of fused-ring (bicyclic) bond motifs is 1. The van der Waals surface area contributed by atoms with Gasteiger partial charge in [-0.05, 0) is 71.0 Å². The third kappa shape index (κ3) is 6.02. The summed E-state index contributed by atoms with van der Waals surface area (Å²) in [6, 6.07) is 13.2. The number of carbonyl (C=O) groups is 1. The average Bonchev–Trinajstić information content (AvgIpc) is 3.17. The summed E-state index contributed by atoms with van der Waals surface area (Å²) < 4.78 is 8.53. The Hall–Kier alpha value is -4.45. The first-order valence-electron chi connectivity index (χ1n) is 13.6. The van der Waals surface area contributed by atoms with Gasteiger partial charge in [-0.25, -0.2) is 24.1 Å². The van der Waals surface area contributed by atoms with E-state index in [-0.39, 0.29) is 11.7 Å². The molecule has 1 fully saturated rings. The lowest BCUT2D eigenvalue weighted by Crippen LogP contribution is -2.50. The fourth-order valence-corrected chi connectivity index (χ4v) is 4.66. The molecule has 0 spiro atoms. The molecule has 0 unspecified atom stereocenters. The molecule has 1 amide bonds. The third-order valence-corrected chi connectivity index (χ3v) is 6.79. The molecule has 0 bridgehead atoms. The fourth-order valence-electron chi connectivity index (χ4n) is 4.66. The molecule has 12 heteroatoms. The smallest absolute Gasteiger partial charge is 0.410 e. The number of anilines is 3. The minimum Gasteiger partial charge on any atom is -0.444 e. The summed E-state index contributed by atoms with van der Waals surface area (Å²) >= 11 is 0. The lowest BCUT2D eigenvalue weighted by atomic mass is 10.1. The van der Waals surface area contributed by atoms with Crippen LogP contribution < -0.4 is 15.8 Å². The number of amides is 1. The van der Waals surface area contributed by atoms with Crippen molar-refractivity contribution in [3.8, 4) is 5.82 Å². The van der Waals surface area contributed by atoms with Gasteiger partial charge in [0.25, 0.3) is 5.56 Å². The van der Waals surface area contributed by atoms with E-state index in [0.717, 1.165) is 11.4 Å². The van der Waals surface area contributed by atoms with Crippen molar-refractivity contribution in [1.82, 2.24) is 29.2 Å². The van der Waals surface area contributed by atoms with Gasteiger partial charge in [0, 0.05) is 50.8 Å². The molecular weight excluding hydrogens is 524 g/mol. The summed E-state index contributed by atoms with van der Waals surface area (Å²) in [5.41, 5.74) is 0.800. The van der Waals surface area contributed by atoms with Crippen molar-refractivity contribution in [3.63, 3.8) is 0 Å². The molecule has 0 radical (unpaired) electrons. The number of rotatable bonds is 5. The highest BCUT2D eigenvalue weighted by Crippen LogP contribution is 2.24. The van der Waals surface area contributed by atoms with Crippen molar-refractivity contribution in [3.05, 3.63) is 64.7 Å². The Bertz CT molecular complexity index is 1620. The van der Waals surface area contributed by atoms with Crippen LogP contribution in [0.4, 0.5) is 22.1 Å². The fraction of sp³-hybridized carbons (Fsp3) is 0.414. The highest BCUT2D eigenvalue weighted by atomic mass is 16.6. The zero-order valence-corrected chi connectivity index (χ0v) is 24.2. The predicted molar refractivity (Wildman–Crippen MR) is 157 cm³/mol. The number of hydrogen-bond acceptors (Lipinski definition) is 9. The van der Waals surface area contributed by atoms with Gasteiger partial charge in [0.05, 0.1) is 5.69 Å². The number of carbonyl (C=O) groups excluding carboxylic acids is 1. The number of aliphatic hydroxyl groups is 1. The van der Waals surface area contributed by atoms with Gasteiger partial charge >= 0.3 is 6.09 Å². The topological polar surface area (TPSA) is 131 Å². The quantitative estimate of drug-likeness (QED) is 0.376. The van der Waals surface area contributed by atoms with Crippen LogP contribution in [0.5, 0.6) is 0 Å². The predicted octanol–water partition coefficient (Wildman–Crippen LogP) is 3.54. The van der Waals surface area contributed by atoms with Gasteiger partial charge in [-0.1, -0.05) is 6.07 Å². The van der Waals surface area contributed by atoms with Crippen molar-refractivity contribution >= 4 is 34.4 Å². The number of pyridine rings is 1. The second-order valence-corrected chi connectivity index (χ2v) is 11.6. The SMILES string of the molecule is Cn1c(=O)c2cnc(Nc3ccc(N4CCN(C(=O)OC(C)(C)C)CC4)cc3)nc2n1-c1cccc(C(C)(C)O)n1. The first-order valence-corrected chi connectivity index (χ1v) is 13.6. The Balaban J connectivity index is 1.32. The lowest BCUT2D eigenvalue weighted by molar-refractivity contribution is 0.0240. The Morgan fingerprint density at radius 2 is 1.66 bits per heavy atom. The van der Waals surface area contributed by atoms with Gasteiger partial charge < -0.3 is 25.0 Å². The van der Waals surface area contributed by atoms with E-state index >= 15 is 0 Å². The van der Waals surface area contributed by atoms with Gasteiger partial charge in [0.2, 0.25) is 5.95 Å². The number of benzene rings is 1. The molecule has 12 nitrogen and oxygen atoms in total. The Morgan fingerprint density at radius 1 is 0.976 bits per heavy atom. The normalized spacial score (nSPS) is 14.4. The van der Waals surface area contributed by atoms with E-state index < -0.39 is 11.2 Å². The molecule has 0 saturated carbocycles. The van der Waals surface area contributed by atoms with E-state index in [1.54, 1.807) is 48.7 Å². The van der Waals surface area contributed by atoms with Gasteiger partial charge in [0.1, 0.15) is 16.6 Å². The van der Waals surface area contributed by atoms with Crippen LogP contribution in [0.3, 0.4) is 0 Å². The molecule has 4 heterocycles. The number of ether oxygens (including phenoxy) is 1. The molecule has 4 aromatic rings. The Morgan fingerprint density at radius 3 is 2.29 bits per heavy atom. The second kappa shape index (κ2) is 10.5. The average molecular weight is 561 g/mol. The maximum Gasteiger partial charge on any atom is 0.410 e. The van der Waals surface area contributed by atoms with E-state index in [2.05, 4.69) is 25.2 Å². The zero-order valence-electron chi connectivity index (χ0n) is 24.2. The van der Waals surface area contributed by atoms with E-state index in [1.807, 2.05) is 45.0 Å². The van der Waals surface area contributed by atoms with Crippen LogP contribution in [0, 0.1) is 0 Å². The number of nitrogens with one attached hydrogen (secondary N) is 1. The van der Waals surface area contributed by atoms with Crippen molar-refractivity contribution in [1.29, 1.82) is 0 Å². The van der Waals surface area contributed by atoms with E-state index in [9.17, 15) is 14.7 Å². The summed E-state index contributed by atoms with van der Waals surface area (Å²) in [6.07, 6.45) is 1.22. The van der Waals surface area contributed by atoms with Crippen LogP contribution in [0.25, 0.3) is 16.9 Å². The Kier molecular flexibility index (Phi) is 7.20. The van der Waals surface area contributed by atoms with Crippen LogP contribution >= 0.6 is 0 Å². The molecule has 216 valence electrons. The molecule has 3 aromatic heterocycles. The van der Waals surface area contributed by atoms with Gasteiger partial charge in [-0.2, -0.15) is 4.98 Å². The van der Waals surface area contributed by atoms with E-state index in [1.165, 1.54) is 10.9 Å². The molecule has 5 rings (SSSR count). The summed E-state index contributed by atoms with van der Waals surface area (Å²) in [5.74, 6) is 0.786. The largest absolute Gasteiger partial charge is 0.444 e. The first-order chi connectivity index (χ1) is 19.3. The van der Waals surface area contributed by atoms with Crippen LogP contribution in [-0.2, 0) is 17.4 Å². The number of nitrogens with zero attached hydrogens (tertiary/aromatic N) is 7. The zero-order chi connectivity index (χ0) is 29.5. The number of piperazine rings is 1. The maximum absolute atomic E-state index is 12.9. The van der Waals surface area contributed by atoms with E-state index in [4.69, 9.17) is 4.74 Å². The molecular formula is C29H36N8O4. The summed E-state index contributed by atoms with van der Waals surface area (Å²) in [5, 5.41) is 14.0. The monoisotopic (exact) mass is 560 g/mol. The minimum absolute atomic E-state index is 0.252. The molecule has 1 aliphatic rings. The van der Waals surface area contributed by atoms with E-state index in [0.29, 0.717) is 54.7 Å². The van der Waals surface area contributed by atoms with Crippen molar-refractivity contribution in [2.75, 3.05) is 36.4 Å².